The molecule has 0 spiro atoms. The van der Waals surface area contributed by atoms with Gasteiger partial charge in [0.15, 0.2) is 5.78 Å². The predicted octanol–water partition coefficient (Wildman–Crippen LogP) is -0.245. The molecule has 0 saturated carbocycles. The third-order valence-corrected chi connectivity index (χ3v) is 2.51. The van der Waals surface area contributed by atoms with Gasteiger partial charge in [-0.15, -0.1) is 0 Å². The van der Waals surface area contributed by atoms with Crippen molar-refractivity contribution in [2.75, 3.05) is 19.6 Å². The molecule has 0 bridgehead atoms. The molecule has 1 fully saturated rings. The summed E-state index contributed by atoms with van der Waals surface area (Å²) in [5.74, 6) is 0.209. The van der Waals surface area contributed by atoms with Gasteiger partial charge < -0.3 is 10.6 Å². The van der Waals surface area contributed by atoms with Crippen LogP contribution in [-0.2, 0) is 11.2 Å². The fourth-order valence-electron chi connectivity index (χ4n) is 1.69. The lowest BCUT2D eigenvalue weighted by atomic mass is 10.1. The first-order valence-corrected chi connectivity index (χ1v) is 5.23. The lowest BCUT2D eigenvalue weighted by Gasteiger charge is -2.23. The number of piperazine rings is 1. The average Bonchev–Trinajstić information content (AvgIpc) is 2.31. The van der Waals surface area contributed by atoms with Crippen molar-refractivity contribution in [3.63, 3.8) is 0 Å². The highest BCUT2D eigenvalue weighted by Gasteiger charge is 2.20. The lowest BCUT2D eigenvalue weighted by molar-refractivity contribution is -0.120. The summed E-state index contributed by atoms with van der Waals surface area (Å²) in [7, 11) is 0. The summed E-state index contributed by atoms with van der Waals surface area (Å²) >= 11 is 0. The number of nitrogens with zero attached hydrogens (tertiary/aromatic N) is 1. The Morgan fingerprint density at radius 3 is 3.07 bits per heavy atom. The van der Waals surface area contributed by atoms with Crippen LogP contribution in [0.2, 0.25) is 0 Å². The van der Waals surface area contributed by atoms with Gasteiger partial charge in [-0.3, -0.25) is 9.78 Å². The molecule has 4 heteroatoms. The second-order valence-electron chi connectivity index (χ2n) is 3.67. The van der Waals surface area contributed by atoms with Crippen LogP contribution in [0.5, 0.6) is 0 Å². The van der Waals surface area contributed by atoms with Gasteiger partial charge in [0, 0.05) is 31.5 Å². The maximum atomic E-state index is 11.8. The van der Waals surface area contributed by atoms with Gasteiger partial charge in [-0.05, 0) is 12.1 Å². The Kier molecular flexibility index (Phi) is 3.42. The van der Waals surface area contributed by atoms with Crippen LogP contribution in [0.4, 0.5) is 0 Å². The van der Waals surface area contributed by atoms with Crippen molar-refractivity contribution in [3.05, 3.63) is 30.1 Å². The largest absolute Gasteiger partial charge is 0.313 e. The average molecular weight is 205 g/mol. The zero-order chi connectivity index (χ0) is 10.5. The predicted molar refractivity (Wildman–Crippen MR) is 57.6 cm³/mol. The molecule has 4 nitrogen and oxygen atoms in total. The van der Waals surface area contributed by atoms with Crippen LogP contribution in [0, 0.1) is 0 Å². The number of aromatic nitrogens is 1. The molecule has 1 aromatic heterocycles. The summed E-state index contributed by atoms with van der Waals surface area (Å²) in [6.07, 6.45) is 2.13. The number of nitrogens with one attached hydrogen (secondary N) is 2. The molecule has 1 aliphatic rings. The number of carbonyl (C=O) groups is 1. The summed E-state index contributed by atoms with van der Waals surface area (Å²) in [4.78, 5) is 16.0. The SMILES string of the molecule is O=C(Cc1ccccn1)C1CNCCN1. The van der Waals surface area contributed by atoms with E-state index in [1.54, 1.807) is 6.20 Å². The maximum Gasteiger partial charge on any atom is 0.156 e. The third kappa shape index (κ3) is 2.84. The maximum absolute atomic E-state index is 11.8. The normalized spacial score (nSPS) is 21.2. The quantitative estimate of drug-likeness (QED) is 0.715. The minimum Gasteiger partial charge on any atom is -0.313 e. The van der Waals surface area contributed by atoms with E-state index in [9.17, 15) is 4.79 Å². The van der Waals surface area contributed by atoms with Gasteiger partial charge in [0.1, 0.15) is 0 Å². The van der Waals surface area contributed by atoms with E-state index in [1.165, 1.54) is 0 Å². The van der Waals surface area contributed by atoms with Gasteiger partial charge >= 0.3 is 0 Å². The second kappa shape index (κ2) is 5.00. The molecule has 1 atom stereocenters. The van der Waals surface area contributed by atoms with Gasteiger partial charge in [0.05, 0.1) is 12.5 Å². The first kappa shape index (κ1) is 10.3. The summed E-state index contributed by atoms with van der Waals surface area (Å²) in [5.41, 5.74) is 0.842. The summed E-state index contributed by atoms with van der Waals surface area (Å²) in [6, 6.07) is 5.59. The Hall–Kier alpha value is -1.26. The van der Waals surface area contributed by atoms with Crippen molar-refractivity contribution in [3.8, 4) is 0 Å². The van der Waals surface area contributed by atoms with E-state index in [2.05, 4.69) is 15.6 Å². The number of hydrogen-bond donors (Lipinski definition) is 2. The molecular weight excluding hydrogens is 190 g/mol. The van der Waals surface area contributed by atoms with E-state index in [0.717, 1.165) is 25.3 Å². The molecule has 2 N–H and O–H groups in total. The van der Waals surface area contributed by atoms with Crippen LogP contribution in [-0.4, -0.2) is 36.4 Å². The molecule has 1 aromatic rings. The van der Waals surface area contributed by atoms with Crippen molar-refractivity contribution in [2.45, 2.75) is 12.5 Å². The van der Waals surface area contributed by atoms with Crippen LogP contribution in [0.15, 0.2) is 24.4 Å². The van der Waals surface area contributed by atoms with E-state index in [-0.39, 0.29) is 11.8 Å². The Bertz CT molecular complexity index is 320. The Balaban J connectivity index is 1.91. The van der Waals surface area contributed by atoms with Gasteiger partial charge in [-0.2, -0.15) is 0 Å². The minimum absolute atomic E-state index is 0.0549. The standard InChI is InChI=1S/C11H15N3O/c15-11(10-8-12-5-6-14-10)7-9-3-1-2-4-13-9/h1-4,10,12,14H,5-8H2. The lowest BCUT2D eigenvalue weighted by Crippen LogP contribution is -2.52. The zero-order valence-corrected chi connectivity index (χ0v) is 8.57. The number of rotatable bonds is 3. The summed E-state index contributed by atoms with van der Waals surface area (Å²) < 4.78 is 0. The first-order valence-electron chi connectivity index (χ1n) is 5.23. The monoisotopic (exact) mass is 205 g/mol. The van der Waals surface area contributed by atoms with Crippen molar-refractivity contribution in [2.24, 2.45) is 0 Å². The van der Waals surface area contributed by atoms with Crippen molar-refractivity contribution in [1.82, 2.24) is 15.6 Å². The van der Waals surface area contributed by atoms with E-state index in [4.69, 9.17) is 0 Å². The van der Waals surface area contributed by atoms with Crippen LogP contribution >= 0.6 is 0 Å². The zero-order valence-electron chi connectivity index (χ0n) is 8.57. The molecule has 0 aliphatic carbocycles. The molecule has 15 heavy (non-hydrogen) atoms. The molecule has 1 aliphatic heterocycles. The van der Waals surface area contributed by atoms with E-state index in [0.29, 0.717) is 6.42 Å². The minimum atomic E-state index is -0.0549. The van der Waals surface area contributed by atoms with Crippen molar-refractivity contribution < 1.29 is 4.79 Å². The van der Waals surface area contributed by atoms with Crippen LogP contribution in [0.3, 0.4) is 0 Å². The highest BCUT2D eigenvalue weighted by molar-refractivity contribution is 5.86. The van der Waals surface area contributed by atoms with Crippen molar-refractivity contribution in [1.29, 1.82) is 0 Å². The number of hydrogen-bond acceptors (Lipinski definition) is 4. The van der Waals surface area contributed by atoms with E-state index < -0.39 is 0 Å². The Labute approximate surface area is 89.1 Å². The molecule has 1 saturated heterocycles. The van der Waals surface area contributed by atoms with Crippen LogP contribution in [0.25, 0.3) is 0 Å². The van der Waals surface area contributed by atoms with E-state index >= 15 is 0 Å². The molecule has 1 unspecified atom stereocenters. The molecular formula is C11H15N3O. The van der Waals surface area contributed by atoms with Gasteiger partial charge in [0.25, 0.3) is 0 Å². The Morgan fingerprint density at radius 1 is 1.47 bits per heavy atom. The highest BCUT2D eigenvalue weighted by Crippen LogP contribution is 1.99. The fraction of sp³-hybridized carbons (Fsp3) is 0.455. The molecule has 2 heterocycles. The number of ketones is 1. The molecule has 0 radical (unpaired) electrons. The summed E-state index contributed by atoms with van der Waals surface area (Å²) in [5, 5.41) is 6.40. The van der Waals surface area contributed by atoms with Crippen LogP contribution in [0.1, 0.15) is 5.69 Å². The Morgan fingerprint density at radius 2 is 2.40 bits per heavy atom. The fourth-order valence-corrected chi connectivity index (χ4v) is 1.69. The summed E-state index contributed by atoms with van der Waals surface area (Å²) in [6.45, 7) is 2.53. The smallest absolute Gasteiger partial charge is 0.156 e. The van der Waals surface area contributed by atoms with Gasteiger partial charge in [0.2, 0.25) is 0 Å². The number of Topliss-reactive ketones (excluding diaryl/α,β-unsaturated/α-hetero) is 1. The van der Waals surface area contributed by atoms with Gasteiger partial charge in [-0.25, -0.2) is 0 Å². The molecule has 80 valence electrons. The highest BCUT2D eigenvalue weighted by atomic mass is 16.1. The molecule has 0 aromatic carbocycles. The number of pyridine rings is 1. The van der Waals surface area contributed by atoms with Crippen LogP contribution < -0.4 is 10.6 Å². The first-order chi connectivity index (χ1) is 7.36. The van der Waals surface area contributed by atoms with Gasteiger partial charge in [-0.1, -0.05) is 6.07 Å². The second-order valence-corrected chi connectivity index (χ2v) is 3.67. The topological polar surface area (TPSA) is 54.0 Å². The molecule has 0 amide bonds. The van der Waals surface area contributed by atoms with Crippen molar-refractivity contribution >= 4 is 5.78 Å². The molecule has 2 rings (SSSR count). The van der Waals surface area contributed by atoms with E-state index in [1.807, 2.05) is 18.2 Å². The third-order valence-electron chi connectivity index (χ3n) is 2.51. The number of carbonyl (C=O) groups excluding carboxylic acids is 1.